The van der Waals surface area contributed by atoms with Gasteiger partial charge in [0.25, 0.3) is 15.9 Å². The predicted octanol–water partition coefficient (Wildman–Crippen LogP) is 1.10. The van der Waals surface area contributed by atoms with Crippen molar-refractivity contribution in [2.45, 2.75) is 24.7 Å². The van der Waals surface area contributed by atoms with Crippen molar-refractivity contribution in [3.05, 3.63) is 29.3 Å². The zero-order valence-electron chi connectivity index (χ0n) is 11.6. The van der Waals surface area contributed by atoms with Crippen LogP contribution in [0.5, 0.6) is 0 Å². The molecular formula is C14H16N2O4S. The molecule has 1 N–H and O–H groups in total. The zero-order valence-corrected chi connectivity index (χ0v) is 12.4. The number of carbonyl (C=O) groups excluding carboxylic acids is 1. The van der Waals surface area contributed by atoms with Gasteiger partial charge in [-0.15, -0.1) is 0 Å². The van der Waals surface area contributed by atoms with Crippen LogP contribution in [0, 0.1) is 24.2 Å². The lowest BCUT2D eigenvalue weighted by Gasteiger charge is -2.10. The first-order valence-corrected chi connectivity index (χ1v) is 8.05. The van der Waals surface area contributed by atoms with Crippen molar-refractivity contribution in [3.8, 4) is 6.07 Å². The molecule has 112 valence electrons. The second kappa shape index (κ2) is 6.24. The Balaban J connectivity index is 2.03. The van der Waals surface area contributed by atoms with Crippen LogP contribution < -0.4 is 4.72 Å². The molecule has 0 saturated heterocycles. The molecule has 6 nitrogen and oxygen atoms in total. The Labute approximate surface area is 123 Å². The summed E-state index contributed by atoms with van der Waals surface area (Å²) >= 11 is 0. The standard InChI is InChI=1S/C14H16N2O4S/c1-10-2-3-12(7-15)6-13(10)21(18,19)16-14(17)9-20-8-11-4-5-11/h2-3,6,11H,4-5,8-9H2,1H3,(H,16,17). The largest absolute Gasteiger partial charge is 0.371 e. The molecule has 7 heteroatoms. The van der Waals surface area contributed by atoms with Gasteiger partial charge in [0.15, 0.2) is 0 Å². The molecule has 0 atom stereocenters. The van der Waals surface area contributed by atoms with E-state index >= 15 is 0 Å². The van der Waals surface area contributed by atoms with Crippen LogP contribution in [0.4, 0.5) is 0 Å². The van der Waals surface area contributed by atoms with Gasteiger partial charge in [0, 0.05) is 0 Å². The summed E-state index contributed by atoms with van der Waals surface area (Å²) in [6, 6.07) is 6.17. The fourth-order valence-corrected chi connectivity index (χ4v) is 3.04. The molecule has 1 aromatic rings. The smallest absolute Gasteiger partial charge is 0.264 e. The van der Waals surface area contributed by atoms with Gasteiger partial charge in [-0.1, -0.05) is 6.07 Å². The van der Waals surface area contributed by atoms with Crippen molar-refractivity contribution in [2.24, 2.45) is 5.92 Å². The van der Waals surface area contributed by atoms with Gasteiger partial charge >= 0.3 is 0 Å². The van der Waals surface area contributed by atoms with Crippen LogP contribution in [-0.2, 0) is 19.6 Å². The van der Waals surface area contributed by atoms with Crippen molar-refractivity contribution in [3.63, 3.8) is 0 Å². The zero-order chi connectivity index (χ0) is 15.5. The second-order valence-electron chi connectivity index (χ2n) is 5.08. The lowest BCUT2D eigenvalue weighted by molar-refractivity contribution is -0.124. The Kier molecular flexibility index (Phi) is 4.60. The number of sulfonamides is 1. The van der Waals surface area contributed by atoms with Crippen LogP contribution in [0.25, 0.3) is 0 Å². The number of rotatable bonds is 6. The maximum atomic E-state index is 12.1. The van der Waals surface area contributed by atoms with E-state index in [1.807, 2.05) is 10.8 Å². The van der Waals surface area contributed by atoms with E-state index in [1.165, 1.54) is 18.2 Å². The Morgan fingerprint density at radius 1 is 1.48 bits per heavy atom. The van der Waals surface area contributed by atoms with Gasteiger partial charge in [-0.2, -0.15) is 5.26 Å². The number of benzene rings is 1. The number of carbonyl (C=O) groups is 1. The Morgan fingerprint density at radius 3 is 2.81 bits per heavy atom. The van der Waals surface area contributed by atoms with E-state index in [2.05, 4.69) is 0 Å². The molecule has 1 amide bonds. The third kappa shape index (κ3) is 4.28. The summed E-state index contributed by atoms with van der Waals surface area (Å²) in [5.74, 6) is -0.207. The number of ether oxygens (including phenoxy) is 1. The summed E-state index contributed by atoms with van der Waals surface area (Å²) in [6.45, 7) is 1.80. The molecule has 1 saturated carbocycles. The van der Waals surface area contributed by atoms with Crippen LogP contribution in [0.3, 0.4) is 0 Å². The summed E-state index contributed by atoms with van der Waals surface area (Å²) in [4.78, 5) is 11.5. The first-order chi connectivity index (χ1) is 9.92. The van der Waals surface area contributed by atoms with Crippen LogP contribution in [-0.4, -0.2) is 27.5 Å². The van der Waals surface area contributed by atoms with Crippen LogP contribution in [0.1, 0.15) is 24.0 Å². The summed E-state index contributed by atoms with van der Waals surface area (Å²) < 4.78 is 31.4. The lowest BCUT2D eigenvalue weighted by atomic mass is 10.2. The van der Waals surface area contributed by atoms with Crippen LogP contribution >= 0.6 is 0 Å². The van der Waals surface area contributed by atoms with E-state index in [0.29, 0.717) is 18.1 Å². The van der Waals surface area contributed by atoms with Crippen molar-refractivity contribution in [1.82, 2.24) is 4.72 Å². The van der Waals surface area contributed by atoms with Crippen molar-refractivity contribution in [1.29, 1.82) is 5.26 Å². The van der Waals surface area contributed by atoms with Crippen molar-refractivity contribution < 1.29 is 17.9 Å². The van der Waals surface area contributed by atoms with E-state index in [-0.39, 0.29) is 17.1 Å². The van der Waals surface area contributed by atoms with E-state index in [4.69, 9.17) is 10.00 Å². The minimum atomic E-state index is -3.99. The van der Waals surface area contributed by atoms with Crippen LogP contribution in [0.15, 0.2) is 23.1 Å². The van der Waals surface area contributed by atoms with Crippen LogP contribution in [0.2, 0.25) is 0 Å². The topological polar surface area (TPSA) is 96.3 Å². The maximum Gasteiger partial charge on any atom is 0.264 e. The number of amides is 1. The summed E-state index contributed by atoms with van der Waals surface area (Å²) in [5.41, 5.74) is 0.687. The average molecular weight is 308 g/mol. The fourth-order valence-electron chi connectivity index (χ4n) is 1.80. The lowest BCUT2D eigenvalue weighted by Crippen LogP contribution is -2.34. The molecule has 1 aliphatic carbocycles. The molecule has 1 aromatic carbocycles. The minimum absolute atomic E-state index is 0.0721. The molecule has 1 aliphatic rings. The monoisotopic (exact) mass is 308 g/mol. The average Bonchev–Trinajstić information content (AvgIpc) is 3.22. The molecule has 0 aromatic heterocycles. The van der Waals surface area contributed by atoms with Gasteiger partial charge in [0.1, 0.15) is 6.61 Å². The number of nitrogens with one attached hydrogen (secondary N) is 1. The summed E-state index contributed by atoms with van der Waals surface area (Å²) in [5, 5.41) is 8.82. The second-order valence-corrected chi connectivity index (χ2v) is 6.73. The Bertz CT molecular complexity index is 687. The molecule has 0 bridgehead atoms. The molecule has 0 unspecified atom stereocenters. The third-order valence-corrected chi connectivity index (χ3v) is 4.65. The van der Waals surface area contributed by atoms with Gasteiger partial charge in [0.2, 0.25) is 0 Å². The maximum absolute atomic E-state index is 12.1. The van der Waals surface area contributed by atoms with E-state index < -0.39 is 15.9 Å². The van der Waals surface area contributed by atoms with Crippen molar-refractivity contribution >= 4 is 15.9 Å². The SMILES string of the molecule is Cc1ccc(C#N)cc1S(=O)(=O)NC(=O)COCC1CC1. The Hall–Kier alpha value is -1.91. The molecule has 1 fully saturated rings. The number of hydrogen-bond acceptors (Lipinski definition) is 5. The van der Waals surface area contributed by atoms with Gasteiger partial charge in [-0.05, 0) is 43.4 Å². The van der Waals surface area contributed by atoms with Gasteiger partial charge in [0.05, 0.1) is 23.1 Å². The van der Waals surface area contributed by atoms with Gasteiger partial charge < -0.3 is 4.74 Å². The molecule has 2 rings (SSSR count). The summed E-state index contributed by atoms with van der Waals surface area (Å²) in [6.07, 6.45) is 2.19. The highest BCUT2D eigenvalue weighted by Gasteiger charge is 2.23. The quantitative estimate of drug-likeness (QED) is 0.849. The van der Waals surface area contributed by atoms with E-state index in [1.54, 1.807) is 6.92 Å². The summed E-state index contributed by atoms with van der Waals surface area (Å²) in [7, 11) is -3.99. The highest BCUT2D eigenvalue weighted by molar-refractivity contribution is 7.90. The molecule has 21 heavy (non-hydrogen) atoms. The van der Waals surface area contributed by atoms with Crippen molar-refractivity contribution in [2.75, 3.05) is 13.2 Å². The number of nitriles is 1. The predicted molar refractivity (Wildman–Crippen MR) is 74.8 cm³/mol. The first kappa shape index (κ1) is 15.5. The first-order valence-electron chi connectivity index (χ1n) is 6.56. The fraction of sp³-hybridized carbons (Fsp3) is 0.429. The number of aryl methyl sites for hydroxylation is 1. The minimum Gasteiger partial charge on any atom is -0.371 e. The molecule has 0 heterocycles. The third-order valence-electron chi connectivity index (χ3n) is 3.14. The van der Waals surface area contributed by atoms with Gasteiger partial charge in [-0.3, -0.25) is 4.79 Å². The molecule has 0 radical (unpaired) electrons. The van der Waals surface area contributed by atoms with Gasteiger partial charge in [-0.25, -0.2) is 13.1 Å². The molecule has 0 aliphatic heterocycles. The normalized spacial score (nSPS) is 14.5. The molecule has 0 spiro atoms. The number of nitrogens with zero attached hydrogens (tertiary/aromatic N) is 1. The Morgan fingerprint density at radius 2 is 2.19 bits per heavy atom. The molecular weight excluding hydrogens is 292 g/mol. The van der Waals surface area contributed by atoms with E-state index in [0.717, 1.165) is 12.8 Å². The van der Waals surface area contributed by atoms with E-state index in [9.17, 15) is 13.2 Å². The number of hydrogen-bond donors (Lipinski definition) is 1. The highest BCUT2D eigenvalue weighted by Crippen LogP contribution is 2.28. The highest BCUT2D eigenvalue weighted by atomic mass is 32.2.